The van der Waals surface area contributed by atoms with Gasteiger partial charge in [-0.15, -0.1) is 0 Å². The Balaban J connectivity index is 2.29. The summed E-state index contributed by atoms with van der Waals surface area (Å²) in [5, 5.41) is 13.8. The Morgan fingerprint density at radius 1 is 1.40 bits per heavy atom. The molecular weight excluding hydrogens is 284 g/mol. The summed E-state index contributed by atoms with van der Waals surface area (Å²) in [6.07, 6.45) is 1.44. The second-order valence-electron chi connectivity index (χ2n) is 3.84. The number of rotatable bonds is 4. The Morgan fingerprint density at radius 2 is 2.15 bits per heavy atom. The number of H-pyrrole nitrogens is 1. The van der Waals surface area contributed by atoms with Crippen LogP contribution in [0.3, 0.4) is 0 Å². The van der Waals surface area contributed by atoms with Crippen LogP contribution in [-0.4, -0.2) is 31.6 Å². The van der Waals surface area contributed by atoms with Gasteiger partial charge in [0.1, 0.15) is 16.3 Å². The third kappa shape index (κ3) is 2.95. The fraction of sp³-hybridized carbons (Fsp3) is 0.0909. The maximum atomic E-state index is 11.8. The van der Waals surface area contributed by atoms with Crippen molar-refractivity contribution < 1.29 is 17.9 Å². The maximum absolute atomic E-state index is 11.8. The number of anilines is 1. The molecule has 0 saturated heterocycles. The summed E-state index contributed by atoms with van der Waals surface area (Å²) in [7, 11) is -2.58. The molecule has 0 atom stereocenters. The number of aromatic nitrogens is 2. The standard InChI is InChI=1S/C11H12N4O4S/c1-19-9-6-7(2-3-10(9)20(12,17)18)14-11(16)8-4-5-13-15-8/h2-6H,1H3,(H,13,15)(H,14,16)(H2,12,17,18). The Bertz CT molecular complexity index is 725. The van der Waals surface area contributed by atoms with E-state index in [1.165, 1.54) is 37.6 Å². The van der Waals surface area contributed by atoms with Crippen molar-refractivity contribution in [3.05, 3.63) is 36.2 Å². The first-order valence-corrected chi connectivity index (χ1v) is 6.98. The van der Waals surface area contributed by atoms with Crippen LogP contribution in [-0.2, 0) is 10.0 Å². The van der Waals surface area contributed by atoms with Gasteiger partial charge in [-0.05, 0) is 18.2 Å². The quantitative estimate of drug-likeness (QED) is 0.748. The highest BCUT2D eigenvalue weighted by Gasteiger charge is 2.16. The average Bonchev–Trinajstić information content (AvgIpc) is 2.91. The Labute approximate surface area is 115 Å². The summed E-state index contributed by atoms with van der Waals surface area (Å²) >= 11 is 0. The number of nitrogens with two attached hydrogens (primary N) is 1. The molecule has 106 valence electrons. The molecule has 1 amide bonds. The monoisotopic (exact) mass is 296 g/mol. The third-order valence-electron chi connectivity index (χ3n) is 2.47. The molecule has 4 N–H and O–H groups in total. The molecule has 0 aliphatic heterocycles. The fourth-order valence-corrected chi connectivity index (χ4v) is 2.24. The highest BCUT2D eigenvalue weighted by molar-refractivity contribution is 7.89. The van der Waals surface area contributed by atoms with Crippen molar-refractivity contribution in [2.75, 3.05) is 12.4 Å². The number of aromatic amines is 1. The van der Waals surface area contributed by atoms with Gasteiger partial charge in [0.2, 0.25) is 10.0 Å². The average molecular weight is 296 g/mol. The van der Waals surface area contributed by atoms with E-state index in [1.807, 2.05) is 0 Å². The molecule has 1 aromatic heterocycles. The largest absolute Gasteiger partial charge is 0.495 e. The number of carbonyl (C=O) groups is 1. The molecule has 0 radical (unpaired) electrons. The number of ether oxygens (including phenoxy) is 1. The summed E-state index contributed by atoms with van der Waals surface area (Å²) in [6.45, 7) is 0. The van der Waals surface area contributed by atoms with E-state index in [-0.39, 0.29) is 16.3 Å². The molecule has 0 unspecified atom stereocenters. The van der Waals surface area contributed by atoms with E-state index in [2.05, 4.69) is 15.5 Å². The van der Waals surface area contributed by atoms with Crippen LogP contribution < -0.4 is 15.2 Å². The van der Waals surface area contributed by atoms with Crippen LogP contribution in [0.2, 0.25) is 0 Å². The maximum Gasteiger partial charge on any atom is 0.273 e. The number of hydrogen-bond acceptors (Lipinski definition) is 5. The lowest BCUT2D eigenvalue weighted by molar-refractivity contribution is 0.102. The Hall–Kier alpha value is -2.39. The minimum absolute atomic E-state index is 0.0508. The molecule has 0 fully saturated rings. The molecule has 0 saturated carbocycles. The number of amides is 1. The molecule has 8 nitrogen and oxygen atoms in total. The van der Waals surface area contributed by atoms with Crippen LogP contribution in [0.1, 0.15) is 10.5 Å². The van der Waals surface area contributed by atoms with Crippen LogP contribution in [0.5, 0.6) is 5.75 Å². The molecule has 0 aliphatic carbocycles. The van der Waals surface area contributed by atoms with Crippen molar-refractivity contribution in [2.24, 2.45) is 5.14 Å². The third-order valence-corrected chi connectivity index (χ3v) is 3.42. The summed E-state index contributed by atoms with van der Waals surface area (Å²) in [5.74, 6) is -0.359. The van der Waals surface area contributed by atoms with Crippen LogP contribution in [0.25, 0.3) is 0 Å². The lowest BCUT2D eigenvalue weighted by atomic mass is 10.3. The molecule has 0 bridgehead atoms. The van der Waals surface area contributed by atoms with Crippen molar-refractivity contribution in [1.82, 2.24) is 10.2 Å². The molecule has 1 heterocycles. The lowest BCUT2D eigenvalue weighted by Crippen LogP contribution is -2.15. The van der Waals surface area contributed by atoms with Gasteiger partial charge in [-0.25, -0.2) is 13.6 Å². The second kappa shape index (κ2) is 5.31. The number of nitrogens with one attached hydrogen (secondary N) is 2. The summed E-state index contributed by atoms with van der Waals surface area (Å²) in [4.78, 5) is 11.6. The molecule has 1 aromatic carbocycles. The molecule has 2 rings (SSSR count). The van der Waals surface area contributed by atoms with Gasteiger partial charge >= 0.3 is 0 Å². The van der Waals surface area contributed by atoms with Gasteiger partial charge in [0.25, 0.3) is 5.91 Å². The van der Waals surface area contributed by atoms with Crippen molar-refractivity contribution in [3.63, 3.8) is 0 Å². The van der Waals surface area contributed by atoms with Gasteiger partial charge in [0.05, 0.1) is 7.11 Å². The first-order valence-electron chi connectivity index (χ1n) is 5.43. The molecule has 20 heavy (non-hydrogen) atoms. The van der Waals surface area contributed by atoms with Crippen molar-refractivity contribution in [3.8, 4) is 5.75 Å². The van der Waals surface area contributed by atoms with E-state index in [9.17, 15) is 13.2 Å². The van der Waals surface area contributed by atoms with Crippen LogP contribution in [0, 0.1) is 0 Å². The van der Waals surface area contributed by atoms with Crippen molar-refractivity contribution >= 4 is 21.6 Å². The number of primary sulfonamides is 1. The number of carbonyl (C=O) groups excluding carboxylic acids is 1. The van der Waals surface area contributed by atoms with Crippen LogP contribution in [0.4, 0.5) is 5.69 Å². The summed E-state index contributed by atoms with van der Waals surface area (Å²) < 4.78 is 27.6. The number of methoxy groups -OCH3 is 1. The number of sulfonamides is 1. The zero-order chi connectivity index (χ0) is 14.8. The SMILES string of the molecule is COc1cc(NC(=O)c2ccn[nH]2)ccc1S(N)(=O)=O. The molecule has 0 aliphatic rings. The predicted octanol–water partition coefficient (Wildman–Crippen LogP) is 0.318. The normalized spacial score (nSPS) is 11.1. The zero-order valence-corrected chi connectivity index (χ0v) is 11.3. The fourth-order valence-electron chi connectivity index (χ4n) is 1.56. The summed E-state index contributed by atoms with van der Waals surface area (Å²) in [5.41, 5.74) is 0.647. The van der Waals surface area contributed by atoms with E-state index >= 15 is 0 Å². The number of hydrogen-bond donors (Lipinski definition) is 3. The molecular formula is C11H12N4O4S. The molecule has 2 aromatic rings. The van der Waals surface area contributed by atoms with Gasteiger partial charge in [-0.1, -0.05) is 0 Å². The van der Waals surface area contributed by atoms with E-state index in [1.54, 1.807) is 0 Å². The number of nitrogens with zero attached hydrogens (tertiary/aromatic N) is 1. The highest BCUT2D eigenvalue weighted by Crippen LogP contribution is 2.26. The van der Waals surface area contributed by atoms with Crippen molar-refractivity contribution in [2.45, 2.75) is 4.90 Å². The zero-order valence-electron chi connectivity index (χ0n) is 10.5. The highest BCUT2D eigenvalue weighted by atomic mass is 32.2. The second-order valence-corrected chi connectivity index (χ2v) is 5.36. The predicted molar refractivity (Wildman–Crippen MR) is 70.9 cm³/mol. The first kappa shape index (κ1) is 14.0. The minimum atomic E-state index is -3.89. The van der Waals surface area contributed by atoms with Crippen LogP contribution >= 0.6 is 0 Å². The van der Waals surface area contributed by atoms with Gasteiger partial charge < -0.3 is 10.1 Å². The Kier molecular flexibility index (Phi) is 3.72. The smallest absolute Gasteiger partial charge is 0.273 e. The van der Waals surface area contributed by atoms with Gasteiger partial charge in [0.15, 0.2) is 0 Å². The van der Waals surface area contributed by atoms with E-state index < -0.39 is 15.9 Å². The minimum Gasteiger partial charge on any atom is -0.495 e. The molecule has 0 spiro atoms. The van der Waals surface area contributed by atoms with Gasteiger partial charge in [0, 0.05) is 18.0 Å². The molecule has 9 heteroatoms. The number of benzene rings is 1. The van der Waals surface area contributed by atoms with Crippen molar-refractivity contribution in [1.29, 1.82) is 0 Å². The summed E-state index contributed by atoms with van der Waals surface area (Å²) in [6, 6.07) is 5.55. The van der Waals surface area contributed by atoms with E-state index in [4.69, 9.17) is 9.88 Å². The topological polar surface area (TPSA) is 127 Å². The van der Waals surface area contributed by atoms with Crippen LogP contribution in [0.15, 0.2) is 35.4 Å². The van der Waals surface area contributed by atoms with E-state index in [0.717, 1.165) is 0 Å². The van der Waals surface area contributed by atoms with Gasteiger partial charge in [-0.2, -0.15) is 5.10 Å². The lowest BCUT2D eigenvalue weighted by Gasteiger charge is -2.09. The Morgan fingerprint density at radius 3 is 2.70 bits per heavy atom. The van der Waals surface area contributed by atoms with E-state index in [0.29, 0.717) is 5.69 Å². The van der Waals surface area contributed by atoms with Gasteiger partial charge in [-0.3, -0.25) is 9.89 Å². The first-order chi connectivity index (χ1) is 9.41.